The fourth-order valence-corrected chi connectivity index (χ4v) is 6.59. The molecule has 274 valence electrons. The van der Waals surface area contributed by atoms with Crippen LogP contribution in [-0.4, -0.2) is 30.9 Å². The van der Waals surface area contributed by atoms with Crippen LogP contribution in [0.3, 0.4) is 0 Å². The van der Waals surface area contributed by atoms with Gasteiger partial charge in [-0.1, -0.05) is 56.3 Å². The van der Waals surface area contributed by atoms with Crippen LogP contribution >= 0.6 is 0 Å². The van der Waals surface area contributed by atoms with E-state index in [9.17, 15) is 37.7 Å². The molecule has 0 saturated heterocycles. The van der Waals surface area contributed by atoms with Crippen molar-refractivity contribution in [2.75, 3.05) is 0 Å². The third-order valence-electron chi connectivity index (χ3n) is 9.48. The molecule has 0 bridgehead atoms. The molecule has 0 fully saturated rings. The van der Waals surface area contributed by atoms with Gasteiger partial charge in [-0.25, -0.2) is 14.4 Å². The van der Waals surface area contributed by atoms with Crippen LogP contribution in [0.5, 0.6) is 0 Å². The lowest BCUT2D eigenvalue weighted by Crippen LogP contribution is -2.45. The number of hydrogen-bond donors (Lipinski definition) is 2. The summed E-state index contributed by atoms with van der Waals surface area (Å²) in [7, 11) is 0. The molecule has 10 nitrogen and oxygen atoms in total. The van der Waals surface area contributed by atoms with Crippen LogP contribution in [0.15, 0.2) is 91.5 Å². The van der Waals surface area contributed by atoms with E-state index >= 15 is 0 Å². The summed E-state index contributed by atoms with van der Waals surface area (Å²) in [5.41, 5.74) is 1.96. The van der Waals surface area contributed by atoms with Gasteiger partial charge < -0.3 is 19.8 Å². The standard InChI is InChI=1S/C40H34F4N8O2/c1-22(2)25-11-13-26(14-12-25)23(3)49-38(53)36(51-20-47-32-9-5-7-28(18-45)34(32)51)37(52-21-48-33-10-6-8-29(19-46)35(33)52)39(54)50-24(4)27-15-16-30(31(41)17-27)40(42,43)44/h5-17,20-24,36-37H,1-4H3,(H,49,53)(H,50,54). The summed E-state index contributed by atoms with van der Waals surface area (Å²) >= 11 is 0. The van der Waals surface area contributed by atoms with E-state index < -0.39 is 53.5 Å². The van der Waals surface area contributed by atoms with E-state index in [1.165, 1.54) is 34.8 Å². The van der Waals surface area contributed by atoms with E-state index in [0.717, 1.165) is 17.2 Å². The average Bonchev–Trinajstić information content (AvgIpc) is 3.77. The van der Waals surface area contributed by atoms with Crippen LogP contribution in [-0.2, 0) is 15.8 Å². The van der Waals surface area contributed by atoms with Gasteiger partial charge in [-0.3, -0.25) is 9.59 Å². The van der Waals surface area contributed by atoms with Gasteiger partial charge in [0.2, 0.25) is 11.8 Å². The molecule has 0 aliphatic rings. The Hall–Kier alpha value is -6.54. The molecule has 6 aromatic rings. The van der Waals surface area contributed by atoms with Gasteiger partial charge in [-0.2, -0.15) is 23.7 Å². The summed E-state index contributed by atoms with van der Waals surface area (Å²) < 4.78 is 57.5. The molecule has 2 N–H and O–H groups in total. The van der Waals surface area contributed by atoms with Gasteiger partial charge in [-0.05, 0) is 72.9 Å². The molecule has 0 spiro atoms. The third-order valence-corrected chi connectivity index (χ3v) is 9.48. The number of nitrogens with one attached hydrogen (secondary N) is 2. The Labute approximate surface area is 307 Å². The largest absolute Gasteiger partial charge is 0.419 e. The minimum Gasteiger partial charge on any atom is -0.348 e. The Bertz CT molecular complexity index is 2460. The zero-order chi connectivity index (χ0) is 38.9. The molecule has 2 aromatic heterocycles. The number of amides is 2. The molecule has 4 unspecified atom stereocenters. The van der Waals surface area contributed by atoms with Crippen LogP contribution < -0.4 is 10.6 Å². The van der Waals surface area contributed by atoms with Gasteiger partial charge in [-0.15, -0.1) is 0 Å². The molecule has 0 saturated carbocycles. The van der Waals surface area contributed by atoms with E-state index in [2.05, 4.69) is 46.6 Å². The van der Waals surface area contributed by atoms with Crippen LogP contribution in [0.2, 0.25) is 0 Å². The zero-order valence-electron chi connectivity index (χ0n) is 29.6. The number of rotatable bonds is 10. The van der Waals surface area contributed by atoms with Gasteiger partial charge in [0.25, 0.3) is 0 Å². The predicted octanol–water partition coefficient (Wildman–Crippen LogP) is 7.95. The number of fused-ring (bicyclic) bond motifs is 2. The van der Waals surface area contributed by atoms with E-state index in [-0.39, 0.29) is 33.6 Å². The fraction of sp³-hybridized carbons (Fsp3) is 0.250. The number of benzene rings is 4. The highest BCUT2D eigenvalue weighted by Crippen LogP contribution is 2.36. The molecule has 6 rings (SSSR count). The number of hydrogen-bond acceptors (Lipinski definition) is 6. The number of imidazole rings is 2. The second-order valence-corrected chi connectivity index (χ2v) is 13.3. The Kier molecular flexibility index (Phi) is 10.2. The first-order valence-electron chi connectivity index (χ1n) is 17.0. The average molecular weight is 735 g/mol. The second kappa shape index (κ2) is 14.8. The molecular formula is C40H34F4N8O2. The molecule has 0 aliphatic carbocycles. The Morgan fingerprint density at radius 3 is 1.56 bits per heavy atom. The first kappa shape index (κ1) is 37.2. The van der Waals surface area contributed by atoms with Crippen molar-refractivity contribution < 1.29 is 27.2 Å². The fourth-order valence-electron chi connectivity index (χ4n) is 6.59. The van der Waals surface area contributed by atoms with Gasteiger partial charge in [0.1, 0.15) is 30.0 Å². The highest BCUT2D eigenvalue weighted by atomic mass is 19.4. The lowest BCUT2D eigenvalue weighted by Gasteiger charge is -2.31. The zero-order valence-corrected chi connectivity index (χ0v) is 29.6. The predicted molar refractivity (Wildman–Crippen MR) is 192 cm³/mol. The molecule has 4 atom stereocenters. The van der Waals surface area contributed by atoms with Crippen LogP contribution in [0.4, 0.5) is 17.6 Å². The van der Waals surface area contributed by atoms with Gasteiger partial charge in [0.15, 0.2) is 0 Å². The van der Waals surface area contributed by atoms with Gasteiger partial charge in [0, 0.05) is 0 Å². The SMILES string of the molecule is CC(C)c1ccc(C(C)NC(=O)C(C(C(=O)NC(C)c2ccc(C(F)(F)F)c(F)c2)n2cnc3cccc(C#N)c32)n2cnc3cccc(C#N)c32)cc1. The van der Waals surface area contributed by atoms with E-state index in [1.54, 1.807) is 37.3 Å². The smallest absolute Gasteiger partial charge is 0.348 e. The molecule has 2 amide bonds. The molecule has 0 aliphatic heterocycles. The quantitative estimate of drug-likeness (QED) is 0.137. The third kappa shape index (κ3) is 7.11. The number of halogens is 4. The molecule has 0 radical (unpaired) electrons. The van der Waals surface area contributed by atoms with Crippen LogP contribution in [0.1, 0.15) is 91.2 Å². The minimum atomic E-state index is -4.93. The number of nitriles is 2. The maximum Gasteiger partial charge on any atom is 0.419 e. The molecule has 2 heterocycles. The highest BCUT2D eigenvalue weighted by molar-refractivity contribution is 5.94. The summed E-state index contributed by atoms with van der Waals surface area (Å²) in [6, 6.07) is 19.2. The molecular weight excluding hydrogens is 700 g/mol. The summed E-state index contributed by atoms with van der Waals surface area (Å²) in [6.07, 6.45) is -2.26. The minimum absolute atomic E-state index is 0.0279. The van der Waals surface area contributed by atoms with Crippen molar-refractivity contribution in [2.45, 2.75) is 64.0 Å². The second-order valence-electron chi connectivity index (χ2n) is 13.3. The Balaban J connectivity index is 1.51. The van der Waals surface area contributed by atoms with Crippen molar-refractivity contribution in [3.05, 3.63) is 131 Å². The van der Waals surface area contributed by atoms with Gasteiger partial charge in [0.05, 0.1) is 63.5 Å². The maximum atomic E-state index is 14.8. The lowest BCUT2D eigenvalue weighted by molar-refractivity contribution is -0.140. The highest BCUT2D eigenvalue weighted by Gasteiger charge is 2.40. The Morgan fingerprint density at radius 2 is 1.13 bits per heavy atom. The van der Waals surface area contributed by atoms with Crippen LogP contribution in [0.25, 0.3) is 22.1 Å². The topological polar surface area (TPSA) is 141 Å². The molecule has 14 heteroatoms. The molecule has 54 heavy (non-hydrogen) atoms. The van der Waals surface area contributed by atoms with Crippen LogP contribution in [0, 0.1) is 28.5 Å². The lowest BCUT2D eigenvalue weighted by atomic mass is 9.98. The van der Waals surface area contributed by atoms with Crippen molar-refractivity contribution in [3.63, 3.8) is 0 Å². The van der Waals surface area contributed by atoms with Crippen molar-refractivity contribution in [2.24, 2.45) is 0 Å². The first-order valence-corrected chi connectivity index (χ1v) is 17.0. The number of alkyl halides is 3. The molecule has 4 aromatic carbocycles. The first-order chi connectivity index (χ1) is 25.7. The van der Waals surface area contributed by atoms with Crippen molar-refractivity contribution in [1.82, 2.24) is 29.7 Å². The number of aromatic nitrogens is 4. The monoisotopic (exact) mass is 734 g/mol. The van der Waals surface area contributed by atoms with E-state index in [4.69, 9.17) is 0 Å². The number of carbonyl (C=O) groups excluding carboxylic acids is 2. The maximum absolute atomic E-state index is 14.8. The van der Waals surface area contributed by atoms with Crippen molar-refractivity contribution >= 4 is 33.9 Å². The summed E-state index contributed by atoms with van der Waals surface area (Å²) in [5, 5.41) is 26.0. The number of nitrogens with zero attached hydrogens (tertiary/aromatic N) is 6. The van der Waals surface area contributed by atoms with Gasteiger partial charge >= 0.3 is 6.18 Å². The number of para-hydroxylation sites is 2. The van der Waals surface area contributed by atoms with Crippen molar-refractivity contribution in [3.8, 4) is 12.1 Å². The Morgan fingerprint density at radius 1 is 0.685 bits per heavy atom. The van der Waals surface area contributed by atoms with E-state index in [0.29, 0.717) is 23.2 Å². The summed E-state index contributed by atoms with van der Waals surface area (Å²) in [6.45, 7) is 7.37. The summed E-state index contributed by atoms with van der Waals surface area (Å²) in [5.74, 6) is -2.72. The van der Waals surface area contributed by atoms with Crippen molar-refractivity contribution in [1.29, 1.82) is 10.5 Å². The number of carbonyl (C=O) groups is 2. The normalized spacial score (nSPS) is 13.9. The van der Waals surface area contributed by atoms with E-state index in [1.807, 2.05) is 24.3 Å². The summed E-state index contributed by atoms with van der Waals surface area (Å²) in [4.78, 5) is 38.5.